The fourth-order valence-corrected chi connectivity index (χ4v) is 4.87. The number of nitrogens with zero attached hydrogens (tertiary/aromatic N) is 2. The molecule has 3 aliphatic heterocycles. The second-order valence-electron chi connectivity index (χ2n) is 4.59. The molecule has 2 N–H and O–H groups in total. The zero-order valence-corrected chi connectivity index (χ0v) is 12.1. The molecule has 2 saturated heterocycles. The Bertz CT molecular complexity index is 516. The number of fused-ring (bicyclic) bond motifs is 1. The van der Waals surface area contributed by atoms with Gasteiger partial charge in [0.15, 0.2) is 5.70 Å². The number of carbonyl (C=O) groups excluding carboxylic acids is 2. The van der Waals surface area contributed by atoms with E-state index in [1.807, 2.05) is 0 Å². The first kappa shape index (κ1) is 13.8. The predicted molar refractivity (Wildman–Crippen MR) is 74.9 cm³/mol. The Kier molecular flexibility index (Phi) is 3.65. The lowest BCUT2D eigenvalue weighted by atomic mass is 10.2. The molecule has 0 aromatic carbocycles. The normalized spacial score (nSPS) is 25.6. The van der Waals surface area contributed by atoms with Gasteiger partial charge in [-0.05, 0) is 11.8 Å². The second-order valence-corrected chi connectivity index (χ2v) is 6.99. The van der Waals surface area contributed by atoms with E-state index >= 15 is 0 Å². The zero-order chi connectivity index (χ0) is 14.3. The van der Waals surface area contributed by atoms with Crippen LogP contribution in [0.2, 0.25) is 0 Å². The first-order valence-electron chi connectivity index (χ1n) is 6.21. The van der Waals surface area contributed by atoms with Crippen LogP contribution in [0.15, 0.2) is 9.93 Å². The summed E-state index contributed by atoms with van der Waals surface area (Å²) in [4.78, 5) is 37.9. The van der Waals surface area contributed by atoms with E-state index in [2.05, 4.69) is 5.32 Å². The third kappa shape index (κ3) is 2.29. The minimum atomic E-state index is -1.15. The molecule has 0 bridgehead atoms. The van der Waals surface area contributed by atoms with Crippen LogP contribution in [0.1, 0.15) is 6.42 Å². The van der Waals surface area contributed by atoms with E-state index < -0.39 is 5.97 Å². The quantitative estimate of drug-likeness (QED) is 0.709. The van der Waals surface area contributed by atoms with Crippen molar-refractivity contribution in [3.63, 3.8) is 0 Å². The van der Waals surface area contributed by atoms with Crippen LogP contribution in [0.5, 0.6) is 0 Å². The van der Waals surface area contributed by atoms with Crippen LogP contribution in [0, 0.1) is 0 Å². The number of aliphatic carboxylic acids is 1. The van der Waals surface area contributed by atoms with Crippen LogP contribution in [0.3, 0.4) is 0 Å². The molecule has 0 aromatic rings. The average molecular weight is 315 g/mol. The molecule has 3 rings (SSSR count). The number of carbonyl (C=O) groups is 3. The van der Waals surface area contributed by atoms with Crippen molar-refractivity contribution in [1.29, 1.82) is 0 Å². The molecule has 9 heteroatoms. The van der Waals surface area contributed by atoms with Crippen molar-refractivity contribution in [3.8, 4) is 0 Å². The summed E-state index contributed by atoms with van der Waals surface area (Å²) in [6.07, 6.45) is 0.341. The topological polar surface area (TPSA) is 90.0 Å². The zero-order valence-electron chi connectivity index (χ0n) is 10.5. The van der Waals surface area contributed by atoms with Gasteiger partial charge in [-0.25, -0.2) is 4.79 Å². The minimum Gasteiger partial charge on any atom is -0.477 e. The number of amides is 2. The van der Waals surface area contributed by atoms with Gasteiger partial charge >= 0.3 is 5.97 Å². The van der Waals surface area contributed by atoms with Gasteiger partial charge in [-0.1, -0.05) is 11.8 Å². The molecule has 0 saturated carbocycles. The lowest BCUT2D eigenvalue weighted by Crippen LogP contribution is -2.48. The van der Waals surface area contributed by atoms with Crippen LogP contribution in [-0.2, 0) is 9.59 Å². The van der Waals surface area contributed by atoms with Crippen LogP contribution in [0.4, 0.5) is 4.79 Å². The Hall–Kier alpha value is -1.19. The van der Waals surface area contributed by atoms with Gasteiger partial charge in [0.25, 0.3) is 5.24 Å². The summed E-state index contributed by atoms with van der Waals surface area (Å²) in [7, 11) is 0. The highest BCUT2D eigenvalue weighted by atomic mass is 32.2. The highest BCUT2D eigenvalue weighted by Crippen LogP contribution is 2.50. The number of carboxylic acids is 1. The van der Waals surface area contributed by atoms with Crippen LogP contribution in [0.25, 0.3) is 0 Å². The number of thioether (sulfide) groups is 2. The molecule has 0 aromatic heterocycles. The predicted octanol–water partition coefficient (Wildman–Crippen LogP) is 0.304. The van der Waals surface area contributed by atoms with E-state index in [9.17, 15) is 19.5 Å². The number of hydrogen-bond donors (Lipinski definition) is 2. The summed E-state index contributed by atoms with van der Waals surface area (Å²) in [6, 6.07) is 0. The van der Waals surface area contributed by atoms with E-state index in [4.69, 9.17) is 0 Å². The molecule has 0 spiro atoms. The first-order chi connectivity index (χ1) is 9.58. The van der Waals surface area contributed by atoms with Crippen molar-refractivity contribution in [2.24, 2.45) is 0 Å². The molecule has 1 atom stereocenters. The third-order valence-electron chi connectivity index (χ3n) is 3.34. The summed E-state index contributed by atoms with van der Waals surface area (Å²) >= 11 is 2.22. The van der Waals surface area contributed by atoms with Gasteiger partial charge < -0.3 is 15.3 Å². The summed E-state index contributed by atoms with van der Waals surface area (Å²) in [5, 5.41) is 12.1. The van der Waals surface area contributed by atoms with Gasteiger partial charge in [0.1, 0.15) is 0 Å². The van der Waals surface area contributed by atoms with Crippen molar-refractivity contribution in [2.75, 3.05) is 26.2 Å². The molecule has 0 unspecified atom stereocenters. The van der Waals surface area contributed by atoms with Crippen molar-refractivity contribution in [2.45, 2.75) is 11.8 Å². The molecule has 2 fully saturated rings. The molecule has 3 aliphatic rings. The Labute approximate surface area is 123 Å². The van der Waals surface area contributed by atoms with Crippen LogP contribution in [-0.4, -0.2) is 63.6 Å². The highest BCUT2D eigenvalue weighted by Gasteiger charge is 2.49. The summed E-state index contributed by atoms with van der Waals surface area (Å²) in [5.41, 5.74) is -0.0373. The number of rotatable bonds is 2. The van der Waals surface area contributed by atoms with Crippen LogP contribution >= 0.6 is 23.5 Å². The van der Waals surface area contributed by atoms with E-state index in [0.717, 1.165) is 24.9 Å². The van der Waals surface area contributed by atoms with Gasteiger partial charge in [-0.2, -0.15) is 0 Å². The smallest absolute Gasteiger partial charge is 0.354 e. The number of piperazine rings is 1. The monoisotopic (exact) mass is 315 g/mol. The number of β-lactam (4-membered cyclic amide) rings is 1. The first-order valence-corrected chi connectivity index (χ1v) is 7.91. The molecule has 3 heterocycles. The molecule has 20 heavy (non-hydrogen) atoms. The van der Waals surface area contributed by atoms with Crippen molar-refractivity contribution in [3.05, 3.63) is 9.93 Å². The van der Waals surface area contributed by atoms with Gasteiger partial charge in [0.05, 0.1) is 16.0 Å². The maximum absolute atomic E-state index is 12.2. The maximum Gasteiger partial charge on any atom is 0.354 e. The fourth-order valence-electron chi connectivity index (χ4n) is 2.28. The lowest BCUT2D eigenvalue weighted by Gasteiger charge is -2.33. The Morgan fingerprint density at radius 2 is 2.05 bits per heavy atom. The second kappa shape index (κ2) is 5.30. The average Bonchev–Trinajstić information content (AvgIpc) is 2.72. The number of hydrogen-bond acceptors (Lipinski definition) is 6. The summed E-state index contributed by atoms with van der Waals surface area (Å²) < 4.78 is 0.428. The molecular formula is C11H13N3O4S2. The van der Waals surface area contributed by atoms with E-state index in [-0.39, 0.29) is 22.2 Å². The number of nitrogens with one attached hydrogen (secondary N) is 1. The van der Waals surface area contributed by atoms with Gasteiger partial charge in [-0.15, -0.1) is 0 Å². The minimum absolute atomic E-state index is 0.0373. The molecule has 0 aliphatic carbocycles. The van der Waals surface area contributed by atoms with Gasteiger partial charge in [0.2, 0.25) is 5.91 Å². The third-order valence-corrected chi connectivity index (χ3v) is 5.75. The largest absolute Gasteiger partial charge is 0.477 e. The van der Waals surface area contributed by atoms with Crippen LogP contribution < -0.4 is 5.32 Å². The highest BCUT2D eigenvalue weighted by molar-refractivity contribution is 8.29. The lowest BCUT2D eigenvalue weighted by molar-refractivity contribution is -0.145. The Balaban J connectivity index is 1.74. The van der Waals surface area contributed by atoms with E-state index in [0.29, 0.717) is 23.7 Å². The Morgan fingerprint density at radius 1 is 1.35 bits per heavy atom. The van der Waals surface area contributed by atoms with E-state index in [1.165, 1.54) is 16.7 Å². The SMILES string of the molecule is O=C(O)C1=C(SC(=O)N2CCNCC2)S[C@H]2CC(=O)N12. The molecule has 108 valence electrons. The van der Waals surface area contributed by atoms with Crippen molar-refractivity contribution in [1.82, 2.24) is 15.1 Å². The molecular weight excluding hydrogens is 302 g/mol. The standard InChI is InChI=1S/C11H13N3O4S2/c15-6-5-7-14(6)8(9(16)17)10(19-7)20-11(18)13-3-1-12-2-4-13/h7,12H,1-5H2,(H,16,17)/t7-/m0/s1. The maximum atomic E-state index is 12.2. The molecule has 0 radical (unpaired) electrons. The summed E-state index contributed by atoms with van der Waals surface area (Å²) in [6.45, 7) is 2.74. The van der Waals surface area contributed by atoms with E-state index in [1.54, 1.807) is 4.90 Å². The van der Waals surface area contributed by atoms with Gasteiger partial charge in [-0.3, -0.25) is 14.5 Å². The van der Waals surface area contributed by atoms with Gasteiger partial charge in [0, 0.05) is 26.2 Å². The summed E-state index contributed by atoms with van der Waals surface area (Å²) in [5.74, 6) is -1.34. The van der Waals surface area contributed by atoms with Crippen molar-refractivity contribution < 1.29 is 19.5 Å². The Morgan fingerprint density at radius 3 is 2.65 bits per heavy atom. The number of carboxylic acid groups (broad SMARTS) is 1. The molecule has 2 amide bonds. The fraction of sp³-hybridized carbons (Fsp3) is 0.545. The van der Waals surface area contributed by atoms with Crippen molar-refractivity contribution >= 4 is 40.6 Å². The molecule has 7 nitrogen and oxygen atoms in total.